The van der Waals surface area contributed by atoms with E-state index in [4.69, 9.17) is 21.1 Å². The molecule has 0 aliphatic heterocycles. The molecule has 0 spiro atoms. The molecule has 0 fully saturated rings. The quantitative estimate of drug-likeness (QED) is 0.0980. The average molecular weight is 717 g/mol. The minimum atomic E-state index is -0.403. The van der Waals surface area contributed by atoms with Crippen LogP contribution in [0.5, 0.6) is 0 Å². The number of benzene rings is 4. The molecule has 0 amide bonds. The van der Waals surface area contributed by atoms with E-state index in [0.717, 1.165) is 17.5 Å². The lowest BCUT2D eigenvalue weighted by Gasteiger charge is -2.09. The van der Waals surface area contributed by atoms with Crippen molar-refractivity contribution in [3.05, 3.63) is 158 Å². The molecule has 0 bridgehead atoms. The van der Waals surface area contributed by atoms with Gasteiger partial charge in [0.1, 0.15) is 13.2 Å². The van der Waals surface area contributed by atoms with Crippen LogP contribution in [0, 0.1) is 0 Å². The average Bonchev–Trinajstić information content (AvgIpc) is 3.17. The van der Waals surface area contributed by atoms with Crippen molar-refractivity contribution in [2.75, 3.05) is 0 Å². The molecule has 264 valence electrons. The highest BCUT2D eigenvalue weighted by atomic mass is 35.5. The molecule has 2 aromatic heterocycles. The number of hydrogen-bond donors (Lipinski definition) is 1. The molecular formula is C42H37ClN2O7. The number of rotatable bonds is 12. The molecule has 9 nitrogen and oxygen atoms in total. The van der Waals surface area contributed by atoms with Gasteiger partial charge >= 0.3 is 11.9 Å². The largest absolute Gasteiger partial charge is 0.457 e. The highest BCUT2D eigenvalue weighted by molar-refractivity contribution is 6.38. The lowest BCUT2D eigenvalue weighted by molar-refractivity contribution is 0.0464. The van der Waals surface area contributed by atoms with Crippen LogP contribution in [0.2, 0.25) is 5.02 Å². The molecule has 2 heterocycles. The maximum atomic E-state index is 12.5. The van der Waals surface area contributed by atoms with Gasteiger partial charge in [0, 0.05) is 41.5 Å². The van der Waals surface area contributed by atoms with E-state index < -0.39 is 5.97 Å². The number of hydrogen-bond acceptors (Lipinski definition) is 8. The van der Waals surface area contributed by atoms with E-state index in [1.54, 1.807) is 72.8 Å². The zero-order chi connectivity index (χ0) is 37.0. The topological polar surface area (TPSA) is 132 Å². The van der Waals surface area contributed by atoms with E-state index in [9.17, 15) is 24.0 Å². The van der Waals surface area contributed by atoms with Crippen LogP contribution in [0.25, 0.3) is 21.8 Å². The van der Waals surface area contributed by atoms with Gasteiger partial charge in [-0.2, -0.15) is 0 Å². The van der Waals surface area contributed by atoms with Crippen molar-refractivity contribution in [3.63, 3.8) is 0 Å². The third-order valence-corrected chi connectivity index (χ3v) is 8.53. The lowest BCUT2D eigenvalue weighted by atomic mass is 10.0. The fourth-order valence-corrected chi connectivity index (χ4v) is 5.71. The Bertz CT molecular complexity index is 2290. The number of ether oxygens (including phenoxy) is 2. The van der Waals surface area contributed by atoms with E-state index in [1.165, 1.54) is 12.4 Å². The Hall–Kier alpha value is -5.93. The first-order valence-electron chi connectivity index (χ1n) is 16.9. The molecule has 4 aromatic carbocycles. The molecule has 0 saturated carbocycles. The van der Waals surface area contributed by atoms with Crippen LogP contribution in [0.15, 0.2) is 114 Å². The van der Waals surface area contributed by atoms with Gasteiger partial charge in [0.25, 0.3) is 0 Å². The highest BCUT2D eigenvalue weighted by Crippen LogP contribution is 2.28. The Kier molecular flexibility index (Phi) is 12.8. The van der Waals surface area contributed by atoms with Gasteiger partial charge in [-0.05, 0) is 66.4 Å². The van der Waals surface area contributed by atoms with Gasteiger partial charge in [0.15, 0.2) is 17.0 Å². The number of H-pyrrole nitrogens is 1. The number of aromatic nitrogens is 2. The van der Waals surface area contributed by atoms with Crippen molar-refractivity contribution in [3.8, 4) is 0 Å². The van der Waals surface area contributed by atoms with Crippen molar-refractivity contribution < 1.29 is 28.7 Å². The molecule has 6 aromatic rings. The number of ketones is 2. The van der Waals surface area contributed by atoms with E-state index in [0.29, 0.717) is 62.8 Å². The Balaban J connectivity index is 0.000000201. The number of pyridine rings is 2. The summed E-state index contributed by atoms with van der Waals surface area (Å²) in [6.07, 6.45) is 5.23. The van der Waals surface area contributed by atoms with Gasteiger partial charge in [-0.25, -0.2) is 9.59 Å². The number of carbonyl (C=O) groups is 4. The Labute approximate surface area is 305 Å². The van der Waals surface area contributed by atoms with E-state index in [-0.39, 0.29) is 41.7 Å². The van der Waals surface area contributed by atoms with Gasteiger partial charge in [-0.1, -0.05) is 80.0 Å². The second-order valence-electron chi connectivity index (χ2n) is 12.0. The van der Waals surface area contributed by atoms with Crippen LogP contribution in [0.4, 0.5) is 0 Å². The van der Waals surface area contributed by atoms with E-state index in [1.807, 2.05) is 38.1 Å². The monoisotopic (exact) mass is 716 g/mol. The second kappa shape index (κ2) is 17.8. The Morgan fingerprint density at radius 3 is 1.75 bits per heavy atom. The number of Topliss-reactive ketones (excluding diaryl/α,β-unsaturated/α-hetero) is 2. The SMILES string of the molecule is CCCC(=O)c1c[nH]c2cc(COC(=O)c3ccccc3)ccc2c1=O.CCCC(=O)c1cnc2cc(COC(=O)c3ccccc3)ccc2c1Cl. The minimum absolute atomic E-state index is 0.00670. The summed E-state index contributed by atoms with van der Waals surface area (Å²) in [5.41, 5.74) is 4.18. The number of aromatic amines is 1. The molecule has 0 atom stereocenters. The Morgan fingerprint density at radius 1 is 0.673 bits per heavy atom. The molecule has 1 N–H and O–H groups in total. The van der Waals surface area contributed by atoms with Gasteiger partial charge in [0.05, 0.1) is 32.8 Å². The standard InChI is InChI=1S/C21H18ClNO3.C21H19NO4/c1-2-6-19(24)17-12-23-18-11-14(9-10-16(18)20(17)22)13-26-21(25)15-7-4-3-5-8-15;1-2-6-19(23)17-12-22-18-11-14(9-10-16(18)20(17)24)13-26-21(25)15-7-4-3-5-8-15/h3-5,7-12H,2,6,13H2,1H3;3-5,7-12H,2,6,13H2,1H3,(H,22,24). The first-order chi connectivity index (χ1) is 25.2. The third-order valence-electron chi connectivity index (χ3n) is 8.13. The molecule has 52 heavy (non-hydrogen) atoms. The van der Waals surface area contributed by atoms with Crippen molar-refractivity contribution in [1.82, 2.24) is 9.97 Å². The molecule has 6 rings (SSSR count). The van der Waals surface area contributed by atoms with Crippen LogP contribution in [0.1, 0.15) is 92.1 Å². The van der Waals surface area contributed by atoms with Crippen molar-refractivity contribution in [1.29, 1.82) is 0 Å². The molecule has 10 heteroatoms. The van der Waals surface area contributed by atoms with Crippen molar-refractivity contribution >= 4 is 56.9 Å². The fraction of sp³-hybridized carbons (Fsp3) is 0.190. The fourth-order valence-electron chi connectivity index (χ4n) is 5.39. The van der Waals surface area contributed by atoms with Gasteiger partial charge in [0.2, 0.25) is 0 Å². The smallest absolute Gasteiger partial charge is 0.338 e. The lowest BCUT2D eigenvalue weighted by Crippen LogP contribution is -2.15. The van der Waals surface area contributed by atoms with Crippen LogP contribution >= 0.6 is 11.6 Å². The van der Waals surface area contributed by atoms with Crippen LogP contribution < -0.4 is 5.43 Å². The molecule has 0 unspecified atom stereocenters. The molecule has 0 aliphatic carbocycles. The number of nitrogens with zero attached hydrogens (tertiary/aromatic N) is 1. The van der Waals surface area contributed by atoms with Gasteiger partial charge < -0.3 is 14.5 Å². The van der Waals surface area contributed by atoms with Gasteiger partial charge in [-0.3, -0.25) is 19.4 Å². The van der Waals surface area contributed by atoms with Gasteiger partial charge in [-0.15, -0.1) is 0 Å². The predicted molar refractivity (Wildman–Crippen MR) is 201 cm³/mol. The van der Waals surface area contributed by atoms with Crippen LogP contribution in [-0.2, 0) is 22.7 Å². The predicted octanol–water partition coefficient (Wildman–Crippen LogP) is 9.10. The first-order valence-corrected chi connectivity index (χ1v) is 17.3. The van der Waals surface area contributed by atoms with E-state index in [2.05, 4.69) is 9.97 Å². The summed E-state index contributed by atoms with van der Waals surface area (Å²) in [7, 11) is 0. The summed E-state index contributed by atoms with van der Waals surface area (Å²) in [5, 5.41) is 1.58. The number of nitrogens with one attached hydrogen (secondary N) is 1. The number of esters is 2. The summed E-state index contributed by atoms with van der Waals surface area (Å²) in [4.78, 5) is 68.0. The molecule has 0 radical (unpaired) electrons. The number of halogens is 1. The van der Waals surface area contributed by atoms with E-state index >= 15 is 0 Å². The van der Waals surface area contributed by atoms with Crippen molar-refractivity contribution in [2.24, 2.45) is 0 Å². The van der Waals surface area contributed by atoms with Crippen LogP contribution in [0.3, 0.4) is 0 Å². The normalized spacial score (nSPS) is 10.7. The number of fused-ring (bicyclic) bond motifs is 2. The summed E-state index contributed by atoms with van der Waals surface area (Å²) < 4.78 is 10.6. The summed E-state index contributed by atoms with van der Waals surface area (Å²) in [6.45, 7) is 4.08. The summed E-state index contributed by atoms with van der Waals surface area (Å²) in [5.74, 6) is -0.943. The maximum absolute atomic E-state index is 12.5. The highest BCUT2D eigenvalue weighted by Gasteiger charge is 2.15. The molecular weight excluding hydrogens is 680 g/mol. The summed E-state index contributed by atoms with van der Waals surface area (Å²) in [6, 6.07) is 28.2. The zero-order valence-corrected chi connectivity index (χ0v) is 29.6. The molecule has 0 saturated heterocycles. The zero-order valence-electron chi connectivity index (χ0n) is 28.8. The Morgan fingerprint density at radius 2 is 1.19 bits per heavy atom. The van der Waals surface area contributed by atoms with Crippen molar-refractivity contribution in [2.45, 2.75) is 52.7 Å². The second-order valence-corrected chi connectivity index (χ2v) is 12.4. The maximum Gasteiger partial charge on any atom is 0.338 e. The first kappa shape index (κ1) is 37.3. The molecule has 0 aliphatic rings. The van der Waals surface area contributed by atoms with Crippen LogP contribution in [-0.4, -0.2) is 33.5 Å². The third kappa shape index (κ3) is 9.24. The number of carbonyl (C=O) groups excluding carboxylic acids is 4. The summed E-state index contributed by atoms with van der Waals surface area (Å²) >= 11 is 6.39. The minimum Gasteiger partial charge on any atom is -0.457 e.